The van der Waals surface area contributed by atoms with Crippen molar-refractivity contribution < 1.29 is 13.9 Å². The normalized spacial score (nSPS) is 13.1. The summed E-state index contributed by atoms with van der Waals surface area (Å²) in [6, 6.07) is 13.2. The number of ether oxygens (including phenoxy) is 1. The fourth-order valence-electron chi connectivity index (χ4n) is 4.30. The molecule has 0 bridgehead atoms. The summed E-state index contributed by atoms with van der Waals surface area (Å²) in [6.45, 7) is 2.46. The van der Waals surface area contributed by atoms with Gasteiger partial charge < -0.3 is 4.74 Å². The molecule has 0 radical (unpaired) electrons. The topological polar surface area (TPSA) is 85.6 Å². The zero-order valence-corrected chi connectivity index (χ0v) is 21.8. The second-order valence-corrected chi connectivity index (χ2v) is 10.5. The van der Waals surface area contributed by atoms with Crippen molar-refractivity contribution in [3.8, 4) is 11.4 Å². The van der Waals surface area contributed by atoms with Gasteiger partial charge >= 0.3 is 0 Å². The van der Waals surface area contributed by atoms with Crippen molar-refractivity contribution in [3.63, 3.8) is 0 Å². The Balaban J connectivity index is 1.43. The number of hydrazone groups is 1. The second kappa shape index (κ2) is 11.3. The monoisotopic (exact) mass is 536 g/mol. The Morgan fingerprint density at radius 2 is 2.05 bits per heavy atom. The highest BCUT2D eigenvalue weighted by Gasteiger charge is 2.23. The predicted molar refractivity (Wildman–Crippen MR) is 146 cm³/mol. The van der Waals surface area contributed by atoms with Crippen LogP contribution in [-0.2, 0) is 17.6 Å². The minimum atomic E-state index is -0.380. The summed E-state index contributed by atoms with van der Waals surface area (Å²) >= 11 is 2.74. The van der Waals surface area contributed by atoms with Gasteiger partial charge in [0.25, 0.3) is 11.5 Å². The number of hydrogen-bond acceptors (Lipinski definition) is 7. The summed E-state index contributed by atoms with van der Waals surface area (Å²) in [5.74, 6) is -0.0304. The smallest absolute Gasteiger partial charge is 0.267 e. The highest BCUT2D eigenvalue weighted by molar-refractivity contribution is 7.99. The van der Waals surface area contributed by atoms with Gasteiger partial charge in [0.1, 0.15) is 16.4 Å². The number of aryl methyl sites for hydroxylation is 2. The molecule has 10 heteroatoms. The lowest BCUT2D eigenvalue weighted by Gasteiger charge is -2.14. The van der Waals surface area contributed by atoms with Crippen LogP contribution >= 0.6 is 23.1 Å². The molecule has 0 aliphatic heterocycles. The molecule has 0 spiro atoms. The van der Waals surface area contributed by atoms with Crippen LogP contribution in [0.4, 0.5) is 4.39 Å². The summed E-state index contributed by atoms with van der Waals surface area (Å²) in [6.07, 6.45) is 5.40. The molecule has 7 nitrogen and oxygen atoms in total. The average molecular weight is 537 g/mol. The molecule has 0 fully saturated rings. The molecule has 1 amide bonds. The standard InChI is InChI=1S/C27H25FN4O3S2/c1-2-35-20-12-10-19(11-13-20)32-26(34)24-21-8-3-4-9-22(21)37-25(24)30-27(32)36-16-23(33)31-29-15-17-6-5-7-18(28)14-17/h5-7,10-15H,2-4,8-9,16H2,1H3,(H,31,33). The molecule has 0 saturated carbocycles. The van der Waals surface area contributed by atoms with Gasteiger partial charge in [0.2, 0.25) is 0 Å². The van der Waals surface area contributed by atoms with Gasteiger partial charge in [-0.1, -0.05) is 23.9 Å². The van der Waals surface area contributed by atoms with Crippen LogP contribution in [0.15, 0.2) is 63.6 Å². The quantitative estimate of drug-likeness (QED) is 0.146. The Kier molecular flexibility index (Phi) is 7.66. The van der Waals surface area contributed by atoms with Gasteiger partial charge in [-0.15, -0.1) is 11.3 Å². The van der Waals surface area contributed by atoms with Gasteiger partial charge in [0, 0.05) is 4.88 Å². The van der Waals surface area contributed by atoms with Gasteiger partial charge in [-0.05, 0) is 80.1 Å². The SMILES string of the molecule is CCOc1ccc(-n2c(SCC(=O)NN=Cc3cccc(F)c3)nc3sc4c(c3c2=O)CCCC4)cc1. The van der Waals surface area contributed by atoms with Crippen molar-refractivity contribution in [2.75, 3.05) is 12.4 Å². The maximum atomic E-state index is 13.8. The maximum Gasteiger partial charge on any atom is 0.267 e. The van der Waals surface area contributed by atoms with Crippen LogP contribution in [0.3, 0.4) is 0 Å². The molecule has 2 heterocycles. The van der Waals surface area contributed by atoms with Gasteiger partial charge in [-0.25, -0.2) is 14.8 Å². The van der Waals surface area contributed by atoms with E-state index in [-0.39, 0.29) is 23.0 Å². The molecule has 0 atom stereocenters. The fraction of sp³-hybridized carbons (Fsp3) is 0.259. The highest BCUT2D eigenvalue weighted by atomic mass is 32.2. The summed E-state index contributed by atoms with van der Waals surface area (Å²) in [5.41, 5.74) is 4.63. The van der Waals surface area contributed by atoms with E-state index in [1.165, 1.54) is 35.0 Å². The lowest BCUT2D eigenvalue weighted by Crippen LogP contribution is -2.24. The first-order chi connectivity index (χ1) is 18.0. The van der Waals surface area contributed by atoms with Gasteiger partial charge in [0.05, 0.1) is 29.6 Å². The molecular weight excluding hydrogens is 511 g/mol. The number of nitrogens with zero attached hydrogens (tertiary/aromatic N) is 3. The molecule has 1 aliphatic carbocycles. The molecule has 0 saturated heterocycles. The number of aromatic nitrogens is 2. The Morgan fingerprint density at radius 1 is 1.24 bits per heavy atom. The van der Waals surface area contributed by atoms with Crippen LogP contribution in [0.25, 0.3) is 15.9 Å². The number of thioether (sulfide) groups is 1. The molecule has 2 aromatic heterocycles. The first-order valence-electron chi connectivity index (χ1n) is 12.0. The van der Waals surface area contributed by atoms with Crippen LogP contribution in [-0.4, -0.2) is 34.0 Å². The number of carbonyl (C=O) groups excluding carboxylic acids is 1. The van der Waals surface area contributed by atoms with Crippen LogP contribution in [0, 0.1) is 5.82 Å². The molecule has 190 valence electrons. The molecule has 37 heavy (non-hydrogen) atoms. The van der Waals surface area contributed by atoms with Crippen molar-refractivity contribution in [1.82, 2.24) is 15.0 Å². The number of carbonyl (C=O) groups is 1. The number of nitrogens with one attached hydrogen (secondary N) is 1. The maximum absolute atomic E-state index is 13.8. The number of thiophene rings is 1. The van der Waals surface area contributed by atoms with E-state index in [0.717, 1.165) is 31.2 Å². The van der Waals surface area contributed by atoms with Crippen molar-refractivity contribution in [2.24, 2.45) is 5.10 Å². The van der Waals surface area contributed by atoms with Crippen LogP contribution in [0.1, 0.15) is 35.8 Å². The summed E-state index contributed by atoms with van der Waals surface area (Å²) in [7, 11) is 0. The lowest BCUT2D eigenvalue weighted by atomic mass is 9.97. The molecule has 2 aromatic carbocycles. The van der Waals surface area contributed by atoms with Crippen LogP contribution in [0.2, 0.25) is 0 Å². The van der Waals surface area contributed by atoms with Crippen molar-refractivity contribution in [2.45, 2.75) is 37.8 Å². The number of rotatable bonds is 8. The van der Waals surface area contributed by atoms with E-state index in [2.05, 4.69) is 10.5 Å². The first-order valence-corrected chi connectivity index (χ1v) is 13.8. The number of halogens is 1. The largest absolute Gasteiger partial charge is 0.494 e. The van der Waals surface area contributed by atoms with Crippen molar-refractivity contribution in [3.05, 3.63) is 80.7 Å². The number of benzene rings is 2. The molecule has 1 aliphatic rings. The van der Waals surface area contributed by atoms with Gasteiger partial charge in [-0.2, -0.15) is 5.10 Å². The summed E-state index contributed by atoms with van der Waals surface area (Å²) in [4.78, 5) is 33.1. The van der Waals surface area contributed by atoms with Crippen molar-refractivity contribution >= 4 is 45.4 Å². The Bertz CT molecular complexity index is 1530. The average Bonchev–Trinajstić information content (AvgIpc) is 3.27. The van der Waals surface area contributed by atoms with Gasteiger partial charge in [0.15, 0.2) is 5.16 Å². The van der Waals surface area contributed by atoms with E-state index in [4.69, 9.17) is 9.72 Å². The number of fused-ring (bicyclic) bond motifs is 3. The van der Waals surface area contributed by atoms with E-state index >= 15 is 0 Å². The van der Waals surface area contributed by atoms with Gasteiger partial charge in [-0.3, -0.25) is 14.2 Å². The minimum Gasteiger partial charge on any atom is -0.494 e. The summed E-state index contributed by atoms with van der Waals surface area (Å²) < 4.78 is 20.5. The zero-order valence-electron chi connectivity index (χ0n) is 20.2. The third-order valence-corrected chi connectivity index (χ3v) is 8.07. The predicted octanol–water partition coefficient (Wildman–Crippen LogP) is 5.11. The van der Waals surface area contributed by atoms with E-state index in [9.17, 15) is 14.0 Å². The molecule has 4 aromatic rings. The first kappa shape index (κ1) is 25.2. The lowest BCUT2D eigenvalue weighted by molar-refractivity contribution is -0.118. The minimum absolute atomic E-state index is 0.000552. The van der Waals surface area contributed by atoms with Crippen LogP contribution < -0.4 is 15.7 Å². The third-order valence-electron chi connectivity index (χ3n) is 5.95. The van der Waals surface area contributed by atoms with E-state index in [1.54, 1.807) is 28.0 Å². The fourth-order valence-corrected chi connectivity index (χ4v) is 6.40. The van der Waals surface area contributed by atoms with E-state index in [1.807, 2.05) is 31.2 Å². The molecular formula is C27H25FN4O3S2. The number of amides is 1. The highest BCUT2D eigenvalue weighted by Crippen LogP contribution is 2.35. The molecule has 1 N–H and O–H groups in total. The summed E-state index contributed by atoms with van der Waals surface area (Å²) in [5, 5.41) is 5.03. The third kappa shape index (κ3) is 5.60. The Morgan fingerprint density at radius 3 is 2.84 bits per heavy atom. The Labute approximate surface area is 221 Å². The van der Waals surface area contributed by atoms with Crippen molar-refractivity contribution in [1.29, 1.82) is 0 Å². The number of hydrogen-bond donors (Lipinski definition) is 1. The molecule has 5 rings (SSSR count). The Hall–Kier alpha value is -3.50. The zero-order chi connectivity index (χ0) is 25.8. The molecule has 0 unspecified atom stereocenters. The van der Waals surface area contributed by atoms with Crippen LogP contribution in [0.5, 0.6) is 5.75 Å². The second-order valence-electron chi connectivity index (χ2n) is 8.49. The van der Waals surface area contributed by atoms with E-state index in [0.29, 0.717) is 39.0 Å². The van der Waals surface area contributed by atoms with E-state index < -0.39 is 0 Å².